The molecule has 1 aliphatic carbocycles. The Morgan fingerprint density at radius 3 is 2.92 bits per heavy atom. The molecule has 1 atom stereocenters. The van der Waals surface area contributed by atoms with E-state index in [9.17, 15) is 9.59 Å². The number of carbonyl (C=O) groups is 2. The monoisotopic (exact) mass is 406 g/mol. The standard InChI is InChI=1S/C18H19BrN2O2S/c1-11-6-7-15-12(8-11)9-16(24-15)18(23)20-10-17(22)21-14-5-3-2-4-13(14)19/h2-5,9,11H,6-8,10H2,1H3,(H,20,23)(H,21,22)/t11-/m0/s1. The highest BCUT2D eigenvalue weighted by Crippen LogP contribution is 2.32. The first kappa shape index (κ1) is 17.2. The van der Waals surface area contributed by atoms with Crippen LogP contribution in [-0.2, 0) is 17.6 Å². The maximum Gasteiger partial charge on any atom is 0.261 e. The highest BCUT2D eigenvalue weighted by Gasteiger charge is 2.20. The summed E-state index contributed by atoms with van der Waals surface area (Å²) in [6.07, 6.45) is 3.28. The van der Waals surface area contributed by atoms with Crippen molar-refractivity contribution < 1.29 is 9.59 Å². The largest absolute Gasteiger partial charge is 0.342 e. The number of halogens is 1. The number of thiophene rings is 1. The minimum absolute atomic E-state index is 0.0425. The number of amides is 2. The van der Waals surface area contributed by atoms with E-state index in [-0.39, 0.29) is 18.4 Å². The predicted molar refractivity (Wildman–Crippen MR) is 101 cm³/mol. The first-order valence-corrected chi connectivity index (χ1v) is 9.58. The lowest BCUT2D eigenvalue weighted by Gasteiger charge is -2.16. The molecule has 2 N–H and O–H groups in total. The molecular formula is C18H19BrN2O2S. The fourth-order valence-corrected chi connectivity index (χ4v) is 4.33. The van der Waals surface area contributed by atoms with Gasteiger partial charge in [-0.2, -0.15) is 0 Å². The van der Waals surface area contributed by atoms with E-state index in [0.717, 1.165) is 17.3 Å². The molecule has 0 unspecified atom stereocenters. The van der Waals surface area contributed by atoms with Gasteiger partial charge in [0, 0.05) is 9.35 Å². The Labute approximate surface area is 153 Å². The highest BCUT2D eigenvalue weighted by atomic mass is 79.9. The molecule has 0 saturated carbocycles. The number of hydrogen-bond acceptors (Lipinski definition) is 3. The molecule has 4 nitrogen and oxygen atoms in total. The van der Waals surface area contributed by atoms with Gasteiger partial charge in [0.1, 0.15) is 0 Å². The zero-order valence-corrected chi connectivity index (χ0v) is 15.8. The van der Waals surface area contributed by atoms with E-state index in [1.807, 2.05) is 24.3 Å². The molecule has 2 amide bonds. The fraction of sp³-hybridized carbons (Fsp3) is 0.333. The van der Waals surface area contributed by atoms with Crippen molar-refractivity contribution in [1.29, 1.82) is 0 Å². The minimum Gasteiger partial charge on any atom is -0.342 e. The Kier molecular flexibility index (Phi) is 5.36. The molecule has 0 saturated heterocycles. The Bertz CT molecular complexity index is 772. The van der Waals surface area contributed by atoms with Crippen LogP contribution in [0.2, 0.25) is 0 Å². The van der Waals surface area contributed by atoms with Crippen molar-refractivity contribution in [2.75, 3.05) is 11.9 Å². The second-order valence-electron chi connectivity index (χ2n) is 6.12. The first-order valence-electron chi connectivity index (χ1n) is 7.97. The molecule has 24 heavy (non-hydrogen) atoms. The van der Waals surface area contributed by atoms with Crippen molar-refractivity contribution in [2.24, 2.45) is 5.92 Å². The molecule has 0 spiro atoms. The summed E-state index contributed by atoms with van der Waals surface area (Å²) in [5.41, 5.74) is 1.99. The fourth-order valence-electron chi connectivity index (χ4n) is 2.82. The summed E-state index contributed by atoms with van der Waals surface area (Å²) in [5.74, 6) is 0.257. The van der Waals surface area contributed by atoms with Gasteiger partial charge in [-0.05, 0) is 64.9 Å². The van der Waals surface area contributed by atoms with E-state index in [1.54, 1.807) is 17.4 Å². The van der Waals surface area contributed by atoms with Crippen molar-refractivity contribution in [3.8, 4) is 0 Å². The zero-order chi connectivity index (χ0) is 17.1. The van der Waals surface area contributed by atoms with E-state index in [0.29, 0.717) is 16.5 Å². The predicted octanol–water partition coefficient (Wildman–Crippen LogP) is 4.00. The van der Waals surface area contributed by atoms with Gasteiger partial charge in [-0.25, -0.2) is 0 Å². The normalized spacial score (nSPS) is 16.3. The van der Waals surface area contributed by atoms with Gasteiger partial charge >= 0.3 is 0 Å². The third-order valence-electron chi connectivity index (χ3n) is 4.11. The van der Waals surface area contributed by atoms with E-state index < -0.39 is 0 Å². The number of fused-ring (bicyclic) bond motifs is 1. The SMILES string of the molecule is C[C@H]1CCc2sc(C(=O)NCC(=O)Nc3ccccc3Br)cc2C1. The van der Waals surface area contributed by atoms with Gasteiger partial charge in [-0.15, -0.1) is 11.3 Å². The number of nitrogens with one attached hydrogen (secondary N) is 2. The molecule has 0 aliphatic heterocycles. The van der Waals surface area contributed by atoms with Gasteiger partial charge < -0.3 is 10.6 Å². The third-order valence-corrected chi connectivity index (χ3v) is 6.04. The van der Waals surface area contributed by atoms with Crippen LogP contribution in [0.1, 0.15) is 33.5 Å². The van der Waals surface area contributed by atoms with Gasteiger partial charge in [0.2, 0.25) is 5.91 Å². The van der Waals surface area contributed by atoms with Crippen LogP contribution in [0.3, 0.4) is 0 Å². The number of benzene rings is 1. The van der Waals surface area contributed by atoms with E-state index in [4.69, 9.17) is 0 Å². The van der Waals surface area contributed by atoms with Crippen LogP contribution in [0.25, 0.3) is 0 Å². The summed E-state index contributed by atoms with van der Waals surface area (Å²) in [4.78, 5) is 26.3. The molecule has 1 aliphatic rings. The summed E-state index contributed by atoms with van der Waals surface area (Å²) in [6.45, 7) is 2.20. The summed E-state index contributed by atoms with van der Waals surface area (Å²) in [6, 6.07) is 9.36. The highest BCUT2D eigenvalue weighted by molar-refractivity contribution is 9.10. The van der Waals surface area contributed by atoms with Crippen LogP contribution in [-0.4, -0.2) is 18.4 Å². The van der Waals surface area contributed by atoms with Crippen LogP contribution in [0, 0.1) is 5.92 Å². The average Bonchev–Trinajstić information content (AvgIpc) is 2.98. The number of carbonyl (C=O) groups excluding carboxylic acids is 2. The first-order chi connectivity index (χ1) is 11.5. The molecule has 1 aromatic heterocycles. The van der Waals surface area contributed by atoms with E-state index >= 15 is 0 Å². The van der Waals surface area contributed by atoms with E-state index in [2.05, 4.69) is 33.5 Å². The minimum atomic E-state index is -0.245. The van der Waals surface area contributed by atoms with Crippen molar-refractivity contribution in [3.63, 3.8) is 0 Å². The number of anilines is 1. The Hall–Kier alpha value is -1.66. The maximum absolute atomic E-state index is 12.3. The third kappa shape index (κ3) is 4.05. The molecule has 3 rings (SSSR count). The lowest BCUT2D eigenvalue weighted by molar-refractivity contribution is -0.115. The van der Waals surface area contributed by atoms with Crippen LogP contribution in [0.15, 0.2) is 34.8 Å². The van der Waals surface area contributed by atoms with Gasteiger partial charge in [0.15, 0.2) is 0 Å². The smallest absolute Gasteiger partial charge is 0.261 e. The summed E-state index contributed by atoms with van der Waals surface area (Å²) >= 11 is 4.93. The average molecular weight is 407 g/mol. The Balaban J connectivity index is 1.56. The van der Waals surface area contributed by atoms with Crippen molar-refractivity contribution in [1.82, 2.24) is 5.32 Å². The molecular weight excluding hydrogens is 388 g/mol. The van der Waals surface area contributed by atoms with E-state index in [1.165, 1.54) is 16.9 Å². The van der Waals surface area contributed by atoms with Crippen molar-refractivity contribution in [3.05, 3.63) is 50.1 Å². The number of hydrogen-bond donors (Lipinski definition) is 2. The summed E-state index contributed by atoms with van der Waals surface area (Å²) in [5, 5.41) is 5.48. The quantitative estimate of drug-likeness (QED) is 0.805. The molecule has 2 aromatic rings. The molecule has 6 heteroatoms. The second kappa shape index (κ2) is 7.49. The lowest BCUT2D eigenvalue weighted by Crippen LogP contribution is -2.32. The van der Waals surface area contributed by atoms with Crippen LogP contribution >= 0.6 is 27.3 Å². The molecule has 1 heterocycles. The van der Waals surface area contributed by atoms with Gasteiger partial charge in [-0.3, -0.25) is 9.59 Å². The van der Waals surface area contributed by atoms with Crippen LogP contribution < -0.4 is 10.6 Å². The molecule has 1 aromatic carbocycles. The van der Waals surface area contributed by atoms with Gasteiger partial charge in [-0.1, -0.05) is 19.1 Å². The zero-order valence-electron chi connectivity index (χ0n) is 13.4. The Morgan fingerprint density at radius 1 is 1.33 bits per heavy atom. The second-order valence-corrected chi connectivity index (χ2v) is 8.11. The summed E-state index contributed by atoms with van der Waals surface area (Å²) in [7, 11) is 0. The topological polar surface area (TPSA) is 58.2 Å². The van der Waals surface area contributed by atoms with Gasteiger partial charge in [0.05, 0.1) is 17.1 Å². The van der Waals surface area contributed by atoms with Gasteiger partial charge in [0.25, 0.3) is 5.91 Å². The molecule has 126 valence electrons. The number of aryl methyl sites for hydroxylation is 1. The Morgan fingerprint density at radius 2 is 2.12 bits per heavy atom. The van der Waals surface area contributed by atoms with Crippen LogP contribution in [0.5, 0.6) is 0 Å². The number of rotatable bonds is 4. The molecule has 0 radical (unpaired) electrons. The molecule has 0 fully saturated rings. The maximum atomic E-state index is 12.3. The number of para-hydroxylation sites is 1. The van der Waals surface area contributed by atoms with Crippen molar-refractivity contribution >= 4 is 44.8 Å². The lowest BCUT2D eigenvalue weighted by atomic mass is 9.90. The van der Waals surface area contributed by atoms with Crippen LogP contribution in [0.4, 0.5) is 5.69 Å². The van der Waals surface area contributed by atoms with Crippen molar-refractivity contribution in [2.45, 2.75) is 26.2 Å². The summed E-state index contributed by atoms with van der Waals surface area (Å²) < 4.78 is 0.810. The molecule has 0 bridgehead atoms.